The lowest BCUT2D eigenvalue weighted by molar-refractivity contribution is 0.0149. The number of likely N-dealkylation sites (tertiary alicyclic amines) is 1. The van der Waals surface area contributed by atoms with Crippen LogP contribution in [-0.2, 0) is 4.74 Å². The molecule has 1 aliphatic heterocycles. The first-order valence-electron chi connectivity index (χ1n) is 6.45. The summed E-state index contributed by atoms with van der Waals surface area (Å²) < 4.78 is 5.32. The number of nitriles is 1. The van der Waals surface area contributed by atoms with Gasteiger partial charge in [0.25, 0.3) is 0 Å². The van der Waals surface area contributed by atoms with Crippen LogP contribution in [0.4, 0.5) is 4.79 Å². The minimum atomic E-state index is -0.499. The first-order valence-corrected chi connectivity index (χ1v) is 6.45. The number of carbonyl (C=O) groups excluding carboxylic acids is 1. The standard InChI is InChI=1S/C14H22N2O3/c1-13(2,3)19-12(18)16-7-5-14(4,6-8-16)11(9-15)10-17/h10,17H,5-8H2,1-4H3/b11-10+. The second-order valence-corrected chi connectivity index (χ2v) is 6.18. The van der Waals surface area contributed by atoms with Crippen molar-refractivity contribution in [2.45, 2.75) is 46.1 Å². The van der Waals surface area contributed by atoms with Gasteiger partial charge in [0, 0.05) is 18.5 Å². The van der Waals surface area contributed by atoms with E-state index in [0.717, 1.165) is 6.26 Å². The summed E-state index contributed by atoms with van der Waals surface area (Å²) in [6.45, 7) is 8.50. The molecule has 0 aliphatic carbocycles. The predicted molar refractivity (Wildman–Crippen MR) is 71.5 cm³/mol. The molecule has 0 atom stereocenters. The van der Waals surface area contributed by atoms with E-state index in [4.69, 9.17) is 15.1 Å². The van der Waals surface area contributed by atoms with Crippen LogP contribution in [0.15, 0.2) is 11.8 Å². The van der Waals surface area contributed by atoms with Crippen LogP contribution in [0.3, 0.4) is 0 Å². The maximum absolute atomic E-state index is 11.9. The highest BCUT2D eigenvalue weighted by Crippen LogP contribution is 2.37. The van der Waals surface area contributed by atoms with Crippen molar-refractivity contribution in [3.8, 4) is 6.07 Å². The lowest BCUT2D eigenvalue weighted by atomic mass is 9.75. The van der Waals surface area contributed by atoms with Gasteiger partial charge in [-0.3, -0.25) is 0 Å². The van der Waals surface area contributed by atoms with Crippen LogP contribution in [0, 0.1) is 16.7 Å². The summed E-state index contributed by atoms with van der Waals surface area (Å²) in [7, 11) is 0. The van der Waals surface area contributed by atoms with Crippen molar-refractivity contribution in [3.63, 3.8) is 0 Å². The van der Waals surface area contributed by atoms with Crippen LogP contribution in [0.25, 0.3) is 0 Å². The fourth-order valence-corrected chi connectivity index (χ4v) is 2.10. The molecule has 0 aromatic heterocycles. The van der Waals surface area contributed by atoms with Crippen molar-refractivity contribution in [1.82, 2.24) is 4.90 Å². The van der Waals surface area contributed by atoms with E-state index in [1.54, 1.807) is 4.90 Å². The Morgan fingerprint density at radius 2 is 1.95 bits per heavy atom. The van der Waals surface area contributed by atoms with E-state index >= 15 is 0 Å². The van der Waals surface area contributed by atoms with Crippen molar-refractivity contribution in [1.29, 1.82) is 5.26 Å². The van der Waals surface area contributed by atoms with Crippen molar-refractivity contribution >= 4 is 6.09 Å². The van der Waals surface area contributed by atoms with Gasteiger partial charge in [0.2, 0.25) is 0 Å². The highest BCUT2D eigenvalue weighted by molar-refractivity contribution is 5.68. The molecule has 1 aliphatic rings. The van der Waals surface area contributed by atoms with Crippen LogP contribution < -0.4 is 0 Å². The van der Waals surface area contributed by atoms with Gasteiger partial charge in [-0.05, 0) is 33.6 Å². The average Bonchev–Trinajstić information content (AvgIpc) is 2.28. The molecule has 1 rings (SSSR count). The van der Waals surface area contributed by atoms with Gasteiger partial charge in [0.1, 0.15) is 5.60 Å². The Morgan fingerprint density at radius 1 is 1.42 bits per heavy atom. The van der Waals surface area contributed by atoms with E-state index in [2.05, 4.69) is 0 Å². The highest BCUT2D eigenvalue weighted by atomic mass is 16.6. The van der Waals surface area contributed by atoms with Crippen LogP contribution >= 0.6 is 0 Å². The molecule has 0 spiro atoms. The average molecular weight is 266 g/mol. The van der Waals surface area contributed by atoms with Crippen LogP contribution in [0.1, 0.15) is 40.5 Å². The van der Waals surface area contributed by atoms with Gasteiger partial charge < -0.3 is 14.7 Å². The molecule has 0 saturated carbocycles. The molecule has 1 N–H and O–H groups in total. The number of hydrogen-bond donors (Lipinski definition) is 1. The topological polar surface area (TPSA) is 73.6 Å². The molecular formula is C14H22N2O3. The maximum atomic E-state index is 11.9. The molecule has 5 nitrogen and oxygen atoms in total. The quantitative estimate of drug-likeness (QED) is 0.585. The van der Waals surface area contributed by atoms with Gasteiger partial charge in [-0.15, -0.1) is 0 Å². The number of amides is 1. The highest BCUT2D eigenvalue weighted by Gasteiger charge is 2.36. The van der Waals surface area contributed by atoms with E-state index in [0.29, 0.717) is 31.5 Å². The zero-order valence-electron chi connectivity index (χ0n) is 12.1. The number of rotatable bonds is 1. The van der Waals surface area contributed by atoms with Crippen molar-refractivity contribution < 1.29 is 14.6 Å². The lowest BCUT2D eigenvalue weighted by Gasteiger charge is -2.39. The Hall–Kier alpha value is -1.70. The third-order valence-electron chi connectivity index (χ3n) is 3.42. The summed E-state index contributed by atoms with van der Waals surface area (Å²) in [6.07, 6.45) is 1.85. The molecule has 5 heteroatoms. The summed E-state index contributed by atoms with van der Waals surface area (Å²) in [4.78, 5) is 13.6. The summed E-state index contributed by atoms with van der Waals surface area (Å²) in [5.74, 6) is 0. The van der Waals surface area contributed by atoms with Crippen molar-refractivity contribution in [2.75, 3.05) is 13.1 Å². The molecule has 1 amide bonds. The largest absolute Gasteiger partial charge is 0.515 e. The molecule has 0 aromatic rings. The van der Waals surface area contributed by atoms with Gasteiger partial charge in [0.15, 0.2) is 0 Å². The molecule has 106 valence electrons. The number of carbonyl (C=O) groups is 1. The fourth-order valence-electron chi connectivity index (χ4n) is 2.10. The Bertz CT molecular complexity index is 407. The Labute approximate surface area is 114 Å². The number of nitrogens with zero attached hydrogens (tertiary/aromatic N) is 2. The Morgan fingerprint density at radius 3 is 2.32 bits per heavy atom. The summed E-state index contributed by atoms with van der Waals surface area (Å²) in [6, 6.07) is 2.02. The van der Waals surface area contributed by atoms with Gasteiger partial charge in [-0.2, -0.15) is 5.26 Å². The van der Waals surface area contributed by atoms with Gasteiger partial charge in [-0.1, -0.05) is 6.92 Å². The van der Waals surface area contributed by atoms with Gasteiger partial charge >= 0.3 is 6.09 Å². The van der Waals surface area contributed by atoms with Crippen molar-refractivity contribution in [2.24, 2.45) is 5.41 Å². The first kappa shape index (κ1) is 15.4. The summed E-state index contributed by atoms with van der Waals surface area (Å²) in [5, 5.41) is 18.1. The molecule has 0 radical (unpaired) electrons. The fraction of sp³-hybridized carbons (Fsp3) is 0.714. The van der Waals surface area contributed by atoms with Crippen LogP contribution in [0.2, 0.25) is 0 Å². The van der Waals surface area contributed by atoms with Crippen LogP contribution in [-0.4, -0.2) is 34.8 Å². The minimum Gasteiger partial charge on any atom is -0.515 e. The first-order chi connectivity index (χ1) is 8.72. The third-order valence-corrected chi connectivity index (χ3v) is 3.42. The normalized spacial score (nSPS) is 19.7. The second-order valence-electron chi connectivity index (χ2n) is 6.18. The summed E-state index contributed by atoms with van der Waals surface area (Å²) in [5.41, 5.74) is -0.487. The monoisotopic (exact) mass is 266 g/mol. The van der Waals surface area contributed by atoms with E-state index < -0.39 is 5.60 Å². The van der Waals surface area contributed by atoms with E-state index in [-0.39, 0.29) is 11.5 Å². The smallest absolute Gasteiger partial charge is 0.410 e. The second kappa shape index (κ2) is 5.52. The zero-order valence-corrected chi connectivity index (χ0v) is 12.1. The lowest BCUT2D eigenvalue weighted by Crippen LogP contribution is -2.44. The number of ether oxygens (including phenoxy) is 1. The molecular weight excluding hydrogens is 244 g/mol. The van der Waals surface area contributed by atoms with E-state index in [1.165, 1.54) is 0 Å². The van der Waals surface area contributed by atoms with Gasteiger partial charge in [-0.25, -0.2) is 4.79 Å². The Balaban J connectivity index is 2.63. The number of hydrogen-bond acceptors (Lipinski definition) is 4. The minimum absolute atomic E-state index is 0.318. The maximum Gasteiger partial charge on any atom is 0.410 e. The number of aliphatic hydroxyl groups excluding tert-OH is 1. The third kappa shape index (κ3) is 3.88. The molecule has 0 aromatic carbocycles. The van der Waals surface area contributed by atoms with E-state index in [9.17, 15) is 4.79 Å². The van der Waals surface area contributed by atoms with Gasteiger partial charge in [0.05, 0.1) is 17.9 Å². The molecule has 0 bridgehead atoms. The molecule has 1 fully saturated rings. The molecule has 1 saturated heterocycles. The van der Waals surface area contributed by atoms with Crippen molar-refractivity contribution in [3.05, 3.63) is 11.8 Å². The molecule has 0 unspecified atom stereocenters. The van der Waals surface area contributed by atoms with Crippen LogP contribution in [0.5, 0.6) is 0 Å². The van der Waals surface area contributed by atoms with E-state index in [1.807, 2.05) is 33.8 Å². The zero-order chi connectivity index (χ0) is 14.7. The SMILES string of the molecule is CC(C)(C)OC(=O)N1CCC(C)(/C(C#N)=C/O)CC1. The number of allylic oxidation sites excluding steroid dienone is 1. The Kier molecular flexibility index (Phi) is 4.46. The molecule has 1 heterocycles. The molecule has 19 heavy (non-hydrogen) atoms. The predicted octanol–water partition coefficient (Wildman–Crippen LogP) is 2.99. The number of piperidine rings is 1. The number of aliphatic hydroxyl groups is 1. The summed E-state index contributed by atoms with van der Waals surface area (Å²) >= 11 is 0.